The van der Waals surface area contributed by atoms with E-state index < -0.39 is 22.3 Å². The van der Waals surface area contributed by atoms with Crippen LogP contribution in [-0.4, -0.2) is 15.9 Å². The maximum atomic E-state index is 12.1. The van der Waals surface area contributed by atoms with Gasteiger partial charge in [-0.2, -0.15) is 0 Å². The molecule has 2 aromatic rings. The van der Waals surface area contributed by atoms with E-state index in [0.29, 0.717) is 10.7 Å². The third-order valence-electron chi connectivity index (χ3n) is 2.89. The molecule has 0 aliphatic carbocycles. The average Bonchev–Trinajstić information content (AvgIpc) is 2.42. The van der Waals surface area contributed by atoms with E-state index in [-0.39, 0.29) is 5.56 Å². The van der Waals surface area contributed by atoms with Crippen molar-refractivity contribution in [3.8, 4) is 5.75 Å². The number of hydrogen-bond acceptors (Lipinski definition) is 4. The Kier molecular flexibility index (Phi) is 4.09. The van der Waals surface area contributed by atoms with Gasteiger partial charge in [-0.05, 0) is 30.7 Å². The highest BCUT2D eigenvalue weighted by atomic mass is 35.5. The summed E-state index contributed by atoms with van der Waals surface area (Å²) in [6, 6.07) is 8.56. The Bertz CT molecular complexity index is 711. The van der Waals surface area contributed by atoms with Crippen molar-refractivity contribution in [2.24, 2.45) is 0 Å². The van der Waals surface area contributed by atoms with Crippen molar-refractivity contribution in [1.29, 1.82) is 0 Å². The van der Waals surface area contributed by atoms with Gasteiger partial charge in [0.1, 0.15) is 0 Å². The number of amides is 1. The number of aromatic hydroxyl groups is 1. The number of phenols is 1. The minimum atomic E-state index is -0.727. The van der Waals surface area contributed by atoms with Crippen LogP contribution in [-0.2, 0) is 0 Å². The highest BCUT2D eigenvalue weighted by Gasteiger charge is 2.17. The standard InChI is InChI=1S/C14H11ClN2O4/c1-8-3-2-4-10(15)13(8)16-14(19)9-5-6-11(17(20)21)12(18)7-9/h2-7,18H,1H3,(H,16,19). The van der Waals surface area contributed by atoms with Crippen molar-refractivity contribution in [1.82, 2.24) is 0 Å². The largest absolute Gasteiger partial charge is 0.502 e. The summed E-state index contributed by atoms with van der Waals surface area (Å²) in [5.41, 5.74) is 0.877. The molecule has 2 N–H and O–H groups in total. The molecular formula is C14H11ClN2O4. The van der Waals surface area contributed by atoms with Crippen LogP contribution in [0.2, 0.25) is 5.02 Å². The molecule has 0 heterocycles. The Morgan fingerprint density at radius 3 is 2.62 bits per heavy atom. The lowest BCUT2D eigenvalue weighted by Gasteiger charge is -2.10. The van der Waals surface area contributed by atoms with Crippen molar-refractivity contribution in [2.45, 2.75) is 6.92 Å². The number of aryl methyl sites for hydroxylation is 1. The summed E-state index contributed by atoms with van der Waals surface area (Å²) in [6.07, 6.45) is 0. The number of anilines is 1. The summed E-state index contributed by atoms with van der Waals surface area (Å²) in [4.78, 5) is 22.0. The summed E-state index contributed by atoms with van der Waals surface area (Å²) in [7, 11) is 0. The highest BCUT2D eigenvalue weighted by molar-refractivity contribution is 6.34. The number of nitro groups is 1. The zero-order valence-electron chi connectivity index (χ0n) is 11.0. The number of nitrogens with zero attached hydrogens (tertiary/aromatic N) is 1. The molecule has 0 aromatic heterocycles. The summed E-state index contributed by atoms with van der Waals surface area (Å²) in [6.45, 7) is 1.79. The molecule has 0 atom stereocenters. The maximum Gasteiger partial charge on any atom is 0.310 e. The van der Waals surface area contributed by atoms with Gasteiger partial charge in [-0.25, -0.2) is 0 Å². The Morgan fingerprint density at radius 2 is 2.05 bits per heavy atom. The van der Waals surface area contributed by atoms with Gasteiger partial charge >= 0.3 is 5.69 Å². The minimum absolute atomic E-state index is 0.0948. The molecule has 0 saturated heterocycles. The first kappa shape index (κ1) is 14.8. The second-order valence-corrected chi connectivity index (χ2v) is 4.75. The highest BCUT2D eigenvalue weighted by Crippen LogP contribution is 2.28. The Labute approximate surface area is 125 Å². The van der Waals surface area contributed by atoms with Crippen LogP contribution < -0.4 is 5.32 Å². The van der Waals surface area contributed by atoms with Crippen LogP contribution in [0.3, 0.4) is 0 Å². The molecule has 0 bridgehead atoms. The van der Waals surface area contributed by atoms with Gasteiger partial charge < -0.3 is 10.4 Å². The molecular weight excluding hydrogens is 296 g/mol. The molecule has 0 fully saturated rings. The van der Waals surface area contributed by atoms with Gasteiger partial charge in [-0.15, -0.1) is 0 Å². The molecule has 0 aliphatic heterocycles. The fraction of sp³-hybridized carbons (Fsp3) is 0.0714. The van der Waals surface area contributed by atoms with Crippen molar-refractivity contribution < 1.29 is 14.8 Å². The lowest BCUT2D eigenvalue weighted by molar-refractivity contribution is -0.385. The van der Waals surface area contributed by atoms with Crippen LogP contribution in [0.5, 0.6) is 5.75 Å². The van der Waals surface area contributed by atoms with E-state index in [2.05, 4.69) is 5.32 Å². The number of benzene rings is 2. The number of para-hydroxylation sites is 1. The van der Waals surface area contributed by atoms with Crippen molar-refractivity contribution >= 4 is 28.9 Å². The SMILES string of the molecule is Cc1cccc(Cl)c1NC(=O)c1ccc([N+](=O)[O-])c(O)c1. The number of hydrogen-bond donors (Lipinski definition) is 2. The zero-order valence-corrected chi connectivity index (χ0v) is 11.7. The fourth-order valence-electron chi connectivity index (χ4n) is 1.80. The lowest BCUT2D eigenvalue weighted by Crippen LogP contribution is -2.13. The van der Waals surface area contributed by atoms with E-state index in [9.17, 15) is 20.0 Å². The molecule has 0 unspecified atom stereocenters. The molecule has 2 aromatic carbocycles. The zero-order chi connectivity index (χ0) is 15.6. The third-order valence-corrected chi connectivity index (χ3v) is 3.21. The lowest BCUT2D eigenvalue weighted by atomic mass is 10.1. The molecule has 2 rings (SSSR count). The van der Waals surface area contributed by atoms with Gasteiger partial charge in [0, 0.05) is 11.6 Å². The summed E-state index contributed by atoms with van der Waals surface area (Å²) in [5.74, 6) is -1.08. The topological polar surface area (TPSA) is 92.5 Å². The van der Waals surface area contributed by atoms with E-state index in [4.69, 9.17) is 11.6 Å². The first-order chi connectivity index (χ1) is 9.90. The molecule has 108 valence electrons. The molecule has 7 heteroatoms. The second-order valence-electron chi connectivity index (χ2n) is 4.35. The van der Waals surface area contributed by atoms with E-state index in [1.165, 1.54) is 6.07 Å². The Hall–Kier alpha value is -2.60. The number of rotatable bonds is 3. The quantitative estimate of drug-likeness (QED) is 0.670. The molecule has 0 spiro atoms. The van der Waals surface area contributed by atoms with E-state index in [1.54, 1.807) is 25.1 Å². The number of halogens is 1. The van der Waals surface area contributed by atoms with Crippen LogP contribution >= 0.6 is 11.6 Å². The van der Waals surface area contributed by atoms with Gasteiger partial charge in [0.15, 0.2) is 5.75 Å². The normalized spacial score (nSPS) is 10.2. The summed E-state index contributed by atoms with van der Waals surface area (Å²) in [5, 5.41) is 23.2. The Balaban J connectivity index is 2.29. The van der Waals surface area contributed by atoms with Gasteiger partial charge in [0.05, 0.1) is 15.6 Å². The van der Waals surface area contributed by atoms with E-state index in [1.807, 2.05) is 0 Å². The number of nitrogens with one attached hydrogen (secondary N) is 1. The van der Waals surface area contributed by atoms with Crippen molar-refractivity contribution in [2.75, 3.05) is 5.32 Å². The third kappa shape index (κ3) is 3.11. The molecule has 0 aliphatic rings. The van der Waals surface area contributed by atoms with Gasteiger partial charge in [-0.3, -0.25) is 14.9 Å². The van der Waals surface area contributed by atoms with Crippen LogP contribution in [0.25, 0.3) is 0 Å². The number of nitro benzene ring substituents is 1. The van der Waals surface area contributed by atoms with Crippen LogP contribution in [0.1, 0.15) is 15.9 Å². The van der Waals surface area contributed by atoms with Crippen molar-refractivity contribution in [3.63, 3.8) is 0 Å². The maximum absolute atomic E-state index is 12.1. The second kappa shape index (κ2) is 5.80. The molecule has 6 nitrogen and oxygen atoms in total. The predicted octanol–water partition coefficient (Wildman–Crippen LogP) is 3.51. The van der Waals surface area contributed by atoms with Crippen LogP contribution in [0, 0.1) is 17.0 Å². The molecule has 0 radical (unpaired) electrons. The van der Waals surface area contributed by atoms with Crippen LogP contribution in [0.15, 0.2) is 36.4 Å². The van der Waals surface area contributed by atoms with Crippen molar-refractivity contribution in [3.05, 3.63) is 62.7 Å². The molecule has 21 heavy (non-hydrogen) atoms. The number of carbonyl (C=O) groups excluding carboxylic acids is 1. The Morgan fingerprint density at radius 1 is 1.33 bits per heavy atom. The monoisotopic (exact) mass is 306 g/mol. The smallest absolute Gasteiger partial charge is 0.310 e. The van der Waals surface area contributed by atoms with E-state index in [0.717, 1.165) is 17.7 Å². The fourth-order valence-corrected chi connectivity index (χ4v) is 2.06. The average molecular weight is 307 g/mol. The number of phenolic OH excluding ortho intramolecular Hbond substituents is 1. The first-order valence-corrected chi connectivity index (χ1v) is 6.32. The van der Waals surface area contributed by atoms with Gasteiger partial charge in [0.25, 0.3) is 5.91 Å². The predicted molar refractivity (Wildman–Crippen MR) is 78.9 cm³/mol. The van der Waals surface area contributed by atoms with Crippen LogP contribution in [0.4, 0.5) is 11.4 Å². The molecule has 1 amide bonds. The first-order valence-electron chi connectivity index (χ1n) is 5.94. The molecule has 0 saturated carbocycles. The summed E-state index contributed by atoms with van der Waals surface area (Å²) < 4.78 is 0. The summed E-state index contributed by atoms with van der Waals surface area (Å²) >= 11 is 6.01. The number of carbonyl (C=O) groups is 1. The van der Waals surface area contributed by atoms with E-state index >= 15 is 0 Å². The van der Waals surface area contributed by atoms with Gasteiger partial charge in [-0.1, -0.05) is 23.7 Å². The van der Waals surface area contributed by atoms with Gasteiger partial charge in [0.2, 0.25) is 0 Å². The minimum Gasteiger partial charge on any atom is -0.502 e.